The highest BCUT2D eigenvalue weighted by Crippen LogP contribution is 2.32. The summed E-state index contributed by atoms with van der Waals surface area (Å²) >= 11 is 1.08. The van der Waals surface area contributed by atoms with E-state index in [1.165, 1.54) is 12.1 Å². The first-order chi connectivity index (χ1) is 13.0. The van der Waals surface area contributed by atoms with Gasteiger partial charge in [-0.25, -0.2) is 16.8 Å². The van der Waals surface area contributed by atoms with E-state index in [-0.39, 0.29) is 26.2 Å². The minimum atomic E-state index is -3.96. The molecule has 3 aromatic rings. The van der Waals surface area contributed by atoms with Crippen LogP contribution in [-0.4, -0.2) is 16.8 Å². The van der Waals surface area contributed by atoms with Crippen LogP contribution in [0.15, 0.2) is 49.2 Å². The van der Waals surface area contributed by atoms with Gasteiger partial charge in [0, 0.05) is 6.07 Å². The van der Waals surface area contributed by atoms with Crippen LogP contribution in [0.1, 0.15) is 22.6 Å². The summed E-state index contributed by atoms with van der Waals surface area (Å²) in [6.07, 6.45) is 0. The van der Waals surface area contributed by atoms with E-state index in [1.54, 1.807) is 37.4 Å². The van der Waals surface area contributed by atoms with E-state index in [4.69, 9.17) is 4.42 Å². The van der Waals surface area contributed by atoms with Crippen LogP contribution in [0.25, 0.3) is 0 Å². The summed E-state index contributed by atoms with van der Waals surface area (Å²) in [6, 6.07) is 7.74. The zero-order chi connectivity index (χ0) is 20.7. The highest BCUT2D eigenvalue weighted by molar-refractivity contribution is 7.94. The number of aryl methyl sites for hydroxylation is 4. The number of thiophene rings is 1. The molecular weight excluding hydrogens is 420 g/mol. The number of rotatable bonds is 6. The largest absolute Gasteiger partial charge is 0.465 e. The SMILES string of the molecule is Cc1cc(S(=O)(=O)Nc2cc(C)c(C)cc2NS(=O)(=O)c2cccs2)c(C)o1. The van der Waals surface area contributed by atoms with Crippen molar-refractivity contribution in [3.8, 4) is 0 Å². The Balaban J connectivity index is 2.04. The summed E-state index contributed by atoms with van der Waals surface area (Å²) < 4.78 is 61.3. The van der Waals surface area contributed by atoms with Gasteiger partial charge in [0.1, 0.15) is 20.6 Å². The Morgan fingerprint density at radius 3 is 1.89 bits per heavy atom. The van der Waals surface area contributed by atoms with Crippen LogP contribution in [0.2, 0.25) is 0 Å². The Labute approximate surface area is 168 Å². The normalized spacial score (nSPS) is 12.1. The maximum absolute atomic E-state index is 12.8. The standard InChI is InChI=1S/C18H20N2O5S3/c1-11-8-15(19-27(21,22)17-10-13(3)25-14(17)4)16(9-12(11)2)20-28(23,24)18-6-5-7-26-18/h5-10,19-20H,1-4H3. The Morgan fingerprint density at radius 2 is 1.43 bits per heavy atom. The Hall–Kier alpha value is -2.30. The van der Waals surface area contributed by atoms with Gasteiger partial charge in [-0.15, -0.1) is 11.3 Å². The van der Waals surface area contributed by atoms with Crippen LogP contribution in [0.3, 0.4) is 0 Å². The molecule has 150 valence electrons. The molecule has 1 aromatic carbocycles. The number of anilines is 2. The zero-order valence-electron chi connectivity index (χ0n) is 15.7. The van der Waals surface area contributed by atoms with E-state index in [0.29, 0.717) is 5.76 Å². The summed E-state index contributed by atoms with van der Waals surface area (Å²) in [5, 5.41) is 1.66. The molecule has 0 unspecified atom stereocenters. The molecule has 0 aliphatic carbocycles. The van der Waals surface area contributed by atoms with E-state index in [9.17, 15) is 16.8 Å². The Bertz CT molecular complexity index is 1220. The molecule has 3 rings (SSSR count). The monoisotopic (exact) mass is 440 g/mol. The molecule has 0 aliphatic heterocycles. The smallest absolute Gasteiger partial charge is 0.271 e. The van der Waals surface area contributed by atoms with E-state index < -0.39 is 20.0 Å². The minimum absolute atomic E-state index is 0.00953. The van der Waals surface area contributed by atoms with Crippen molar-refractivity contribution in [3.05, 3.63) is 58.4 Å². The first-order valence-electron chi connectivity index (χ1n) is 8.27. The average Bonchev–Trinajstić information content (AvgIpc) is 3.22. The Kier molecular flexibility index (Phi) is 5.30. The van der Waals surface area contributed by atoms with Gasteiger partial charge in [0.15, 0.2) is 0 Å². The molecule has 0 fully saturated rings. The lowest BCUT2D eigenvalue weighted by molar-refractivity contribution is 0.496. The molecule has 2 aromatic heterocycles. The summed E-state index contributed by atoms with van der Waals surface area (Å²) in [5.41, 5.74) is 1.93. The van der Waals surface area contributed by atoms with Crippen LogP contribution in [0.5, 0.6) is 0 Å². The summed E-state index contributed by atoms with van der Waals surface area (Å²) in [5.74, 6) is 0.728. The van der Waals surface area contributed by atoms with Crippen molar-refractivity contribution in [2.24, 2.45) is 0 Å². The molecule has 0 saturated carbocycles. The molecule has 0 atom stereocenters. The zero-order valence-corrected chi connectivity index (χ0v) is 18.2. The molecule has 2 heterocycles. The quantitative estimate of drug-likeness (QED) is 0.598. The fourth-order valence-electron chi connectivity index (χ4n) is 2.67. The van der Waals surface area contributed by atoms with Gasteiger partial charge in [-0.2, -0.15) is 0 Å². The number of hydrogen-bond donors (Lipinski definition) is 2. The molecule has 0 spiro atoms. The molecule has 0 amide bonds. The second-order valence-corrected chi connectivity index (χ2v) is 10.9. The fraction of sp³-hybridized carbons (Fsp3) is 0.222. The maximum Gasteiger partial charge on any atom is 0.271 e. The summed E-state index contributed by atoms with van der Waals surface area (Å²) in [6.45, 7) is 6.85. The number of hydrogen-bond acceptors (Lipinski definition) is 6. The summed E-state index contributed by atoms with van der Waals surface area (Å²) in [4.78, 5) is 0.00953. The van der Waals surface area contributed by atoms with Gasteiger partial charge < -0.3 is 4.42 Å². The third kappa shape index (κ3) is 4.08. The first-order valence-corrected chi connectivity index (χ1v) is 12.1. The van der Waals surface area contributed by atoms with Gasteiger partial charge in [-0.05, 0) is 62.4 Å². The van der Waals surface area contributed by atoms with Crippen LogP contribution in [0, 0.1) is 27.7 Å². The van der Waals surface area contributed by atoms with E-state index >= 15 is 0 Å². The van der Waals surface area contributed by atoms with E-state index in [2.05, 4.69) is 9.44 Å². The maximum atomic E-state index is 12.8. The van der Waals surface area contributed by atoms with Crippen LogP contribution in [0.4, 0.5) is 11.4 Å². The highest BCUT2D eigenvalue weighted by Gasteiger charge is 2.24. The lowest BCUT2D eigenvalue weighted by atomic mass is 10.1. The lowest BCUT2D eigenvalue weighted by Crippen LogP contribution is -2.17. The molecule has 28 heavy (non-hydrogen) atoms. The first kappa shape index (κ1) is 20.4. The third-order valence-electron chi connectivity index (χ3n) is 4.17. The number of sulfonamides is 2. The number of furan rings is 1. The van der Waals surface area contributed by atoms with Crippen LogP contribution >= 0.6 is 11.3 Å². The summed E-state index contributed by atoms with van der Waals surface area (Å²) in [7, 11) is -7.79. The van der Waals surface area contributed by atoms with Gasteiger partial charge in [0.05, 0.1) is 11.4 Å². The molecule has 0 saturated heterocycles. The molecule has 0 bridgehead atoms. The second-order valence-electron chi connectivity index (χ2n) is 6.40. The van der Waals surface area contributed by atoms with Crippen molar-refractivity contribution in [2.75, 3.05) is 9.44 Å². The van der Waals surface area contributed by atoms with Gasteiger partial charge in [0.25, 0.3) is 20.0 Å². The molecule has 2 N–H and O–H groups in total. The number of benzene rings is 1. The fourth-order valence-corrected chi connectivity index (χ4v) is 6.04. The van der Waals surface area contributed by atoms with Crippen molar-refractivity contribution in [3.63, 3.8) is 0 Å². The van der Waals surface area contributed by atoms with Crippen molar-refractivity contribution in [1.29, 1.82) is 0 Å². The van der Waals surface area contributed by atoms with Crippen molar-refractivity contribution in [1.82, 2.24) is 0 Å². The Morgan fingerprint density at radius 1 is 0.857 bits per heavy atom. The van der Waals surface area contributed by atoms with E-state index in [0.717, 1.165) is 22.5 Å². The molecular formula is C18H20N2O5S3. The predicted octanol–water partition coefficient (Wildman–Crippen LogP) is 4.18. The van der Waals surface area contributed by atoms with Gasteiger partial charge >= 0.3 is 0 Å². The molecule has 7 nitrogen and oxygen atoms in total. The molecule has 10 heteroatoms. The van der Waals surface area contributed by atoms with E-state index in [1.807, 2.05) is 13.8 Å². The second kappa shape index (κ2) is 7.26. The van der Waals surface area contributed by atoms with Crippen molar-refractivity contribution in [2.45, 2.75) is 36.8 Å². The third-order valence-corrected chi connectivity index (χ3v) is 8.40. The topological polar surface area (TPSA) is 105 Å². The van der Waals surface area contributed by atoms with Gasteiger partial charge in [0.2, 0.25) is 0 Å². The number of nitrogens with one attached hydrogen (secondary N) is 2. The van der Waals surface area contributed by atoms with Crippen LogP contribution in [-0.2, 0) is 20.0 Å². The molecule has 0 aliphatic rings. The van der Waals surface area contributed by atoms with Crippen LogP contribution < -0.4 is 9.44 Å². The minimum Gasteiger partial charge on any atom is -0.465 e. The molecule has 0 radical (unpaired) electrons. The predicted molar refractivity (Wildman–Crippen MR) is 110 cm³/mol. The van der Waals surface area contributed by atoms with Crippen molar-refractivity contribution >= 4 is 42.8 Å². The average molecular weight is 441 g/mol. The lowest BCUT2D eigenvalue weighted by Gasteiger charge is -2.16. The van der Waals surface area contributed by atoms with Gasteiger partial charge in [-0.3, -0.25) is 9.44 Å². The van der Waals surface area contributed by atoms with Crippen molar-refractivity contribution < 1.29 is 21.3 Å². The highest BCUT2D eigenvalue weighted by atomic mass is 32.2. The van der Waals surface area contributed by atoms with Gasteiger partial charge in [-0.1, -0.05) is 6.07 Å².